The number of nitrogens with one attached hydrogen (secondary N) is 1. The summed E-state index contributed by atoms with van der Waals surface area (Å²) < 4.78 is 15.7. The zero-order valence-corrected chi connectivity index (χ0v) is 12.8. The zero-order valence-electron chi connectivity index (χ0n) is 10.4. The van der Waals surface area contributed by atoms with Crippen molar-refractivity contribution >= 4 is 44.9 Å². The van der Waals surface area contributed by atoms with E-state index in [1.165, 1.54) is 23.0 Å². The van der Waals surface area contributed by atoms with Gasteiger partial charge in [0.05, 0.1) is 17.3 Å². The smallest absolute Gasteiger partial charge is 0.259 e. The molecule has 2 rings (SSSR count). The second-order valence-corrected chi connectivity index (χ2v) is 5.33. The van der Waals surface area contributed by atoms with Crippen LogP contribution in [0.3, 0.4) is 0 Å². The third kappa shape index (κ3) is 2.86. The summed E-state index contributed by atoms with van der Waals surface area (Å²) in [5.41, 5.74) is 5.88. The molecule has 5 nitrogen and oxygen atoms in total. The quantitative estimate of drug-likeness (QED) is 0.827. The summed E-state index contributed by atoms with van der Waals surface area (Å²) in [6, 6.07) is 4.17. The third-order valence-electron chi connectivity index (χ3n) is 2.61. The first-order valence-corrected chi connectivity index (χ1v) is 6.68. The van der Waals surface area contributed by atoms with Gasteiger partial charge in [0.25, 0.3) is 5.91 Å². The number of rotatable bonds is 3. The number of aromatic nitrogens is 2. The number of anilines is 1. The Hall–Kier alpha value is -1.80. The van der Waals surface area contributed by atoms with Gasteiger partial charge in [0, 0.05) is 11.5 Å². The Kier molecular flexibility index (Phi) is 4.15. The van der Waals surface area contributed by atoms with E-state index in [0.717, 1.165) is 0 Å². The molecular weight excluding hydrogens is 347 g/mol. The first kappa shape index (κ1) is 14.6. The van der Waals surface area contributed by atoms with Crippen molar-refractivity contribution in [2.75, 3.05) is 5.32 Å². The Labute approximate surface area is 128 Å². The highest BCUT2D eigenvalue weighted by molar-refractivity contribution is 9.10. The van der Waals surface area contributed by atoms with Crippen molar-refractivity contribution in [1.82, 2.24) is 9.78 Å². The number of carbonyl (C=O) groups is 1. The van der Waals surface area contributed by atoms with Crippen LogP contribution in [0.15, 0.2) is 28.9 Å². The molecule has 0 bridgehead atoms. The molecular formula is C12H10BrFN4OS. The first-order chi connectivity index (χ1) is 9.40. The molecule has 0 radical (unpaired) electrons. The lowest BCUT2D eigenvalue weighted by atomic mass is 10.2. The number of aryl methyl sites for hydroxylation is 1. The van der Waals surface area contributed by atoms with Gasteiger partial charge in [-0.05, 0) is 18.2 Å². The van der Waals surface area contributed by atoms with Crippen molar-refractivity contribution in [3.8, 4) is 0 Å². The fourth-order valence-electron chi connectivity index (χ4n) is 1.61. The summed E-state index contributed by atoms with van der Waals surface area (Å²) >= 11 is 8.00. The van der Waals surface area contributed by atoms with Crippen LogP contribution in [-0.4, -0.2) is 20.7 Å². The molecule has 1 heterocycles. The minimum atomic E-state index is -0.629. The number of hydrogen-bond donors (Lipinski definition) is 2. The minimum absolute atomic E-state index is 0.0803. The number of nitrogens with two attached hydrogens (primary N) is 1. The maximum absolute atomic E-state index is 13.7. The molecule has 1 aromatic carbocycles. The number of carbonyl (C=O) groups excluding carboxylic acids is 1. The normalized spacial score (nSPS) is 10.3. The van der Waals surface area contributed by atoms with E-state index < -0.39 is 11.7 Å². The largest absolute Gasteiger partial charge is 0.389 e. The van der Waals surface area contributed by atoms with E-state index in [-0.39, 0.29) is 10.6 Å². The van der Waals surface area contributed by atoms with E-state index in [0.29, 0.717) is 15.9 Å². The van der Waals surface area contributed by atoms with Crippen LogP contribution in [-0.2, 0) is 7.05 Å². The van der Waals surface area contributed by atoms with Crippen molar-refractivity contribution in [2.45, 2.75) is 0 Å². The van der Waals surface area contributed by atoms with E-state index in [9.17, 15) is 9.18 Å². The minimum Gasteiger partial charge on any atom is -0.389 e. The van der Waals surface area contributed by atoms with E-state index >= 15 is 0 Å². The fraction of sp³-hybridized carbons (Fsp3) is 0.0833. The van der Waals surface area contributed by atoms with Gasteiger partial charge >= 0.3 is 0 Å². The van der Waals surface area contributed by atoms with E-state index in [4.69, 9.17) is 18.0 Å². The molecule has 1 aromatic heterocycles. The molecule has 2 aromatic rings. The molecule has 0 aliphatic rings. The van der Waals surface area contributed by atoms with Crippen molar-refractivity contribution in [1.29, 1.82) is 0 Å². The molecule has 0 atom stereocenters. The molecule has 1 amide bonds. The highest BCUT2D eigenvalue weighted by atomic mass is 79.9. The Morgan fingerprint density at radius 1 is 1.50 bits per heavy atom. The molecule has 0 spiro atoms. The standard InChI is InChI=1S/C12H10BrFN4OS/c1-18-11(8(5-16-18)10(15)20)17-12(19)7-3-2-6(13)4-9(7)14/h2-5H,1H3,(H2,15,20)(H,17,19). The number of benzene rings is 1. The van der Waals surface area contributed by atoms with Gasteiger partial charge in [0.15, 0.2) is 0 Å². The molecule has 0 fully saturated rings. The molecule has 20 heavy (non-hydrogen) atoms. The predicted octanol–water partition coefficient (Wildman–Crippen LogP) is 2.21. The SMILES string of the molecule is Cn1ncc(C(N)=S)c1NC(=O)c1ccc(Br)cc1F. The third-order valence-corrected chi connectivity index (χ3v) is 3.33. The maximum Gasteiger partial charge on any atom is 0.259 e. The molecule has 0 aliphatic heterocycles. The van der Waals surface area contributed by atoms with Crippen LogP contribution in [0.25, 0.3) is 0 Å². The van der Waals surface area contributed by atoms with Gasteiger partial charge in [-0.15, -0.1) is 0 Å². The lowest BCUT2D eigenvalue weighted by molar-refractivity contribution is 0.102. The van der Waals surface area contributed by atoms with E-state index in [1.54, 1.807) is 13.1 Å². The van der Waals surface area contributed by atoms with Gasteiger partial charge < -0.3 is 11.1 Å². The van der Waals surface area contributed by atoms with Crippen LogP contribution in [0.4, 0.5) is 10.2 Å². The number of hydrogen-bond acceptors (Lipinski definition) is 3. The van der Waals surface area contributed by atoms with Gasteiger partial charge in [-0.25, -0.2) is 4.39 Å². The molecule has 8 heteroatoms. The second-order valence-electron chi connectivity index (χ2n) is 3.97. The van der Waals surface area contributed by atoms with Crippen molar-refractivity contribution in [3.05, 3.63) is 45.8 Å². The van der Waals surface area contributed by atoms with Crippen molar-refractivity contribution < 1.29 is 9.18 Å². The molecule has 0 unspecified atom stereocenters. The second kappa shape index (κ2) is 5.68. The number of thiocarbonyl (C=S) groups is 1. The molecule has 3 N–H and O–H groups in total. The average Bonchev–Trinajstić information content (AvgIpc) is 2.71. The monoisotopic (exact) mass is 356 g/mol. The Balaban J connectivity index is 2.33. The van der Waals surface area contributed by atoms with E-state index in [2.05, 4.69) is 26.3 Å². The Morgan fingerprint density at radius 3 is 2.80 bits per heavy atom. The van der Waals surface area contributed by atoms with Crippen LogP contribution in [0.5, 0.6) is 0 Å². The molecule has 0 aliphatic carbocycles. The van der Waals surface area contributed by atoms with Crippen LogP contribution >= 0.6 is 28.1 Å². The van der Waals surface area contributed by atoms with Crippen molar-refractivity contribution in [3.63, 3.8) is 0 Å². The van der Waals surface area contributed by atoms with Gasteiger partial charge in [-0.2, -0.15) is 5.10 Å². The van der Waals surface area contributed by atoms with Crippen LogP contribution in [0, 0.1) is 5.82 Å². The summed E-state index contributed by atoms with van der Waals surface area (Å²) in [7, 11) is 1.62. The van der Waals surface area contributed by atoms with E-state index in [1.807, 2.05) is 0 Å². The average molecular weight is 357 g/mol. The molecule has 104 valence electrons. The summed E-state index contributed by atoms with van der Waals surface area (Å²) in [5, 5.41) is 6.51. The molecule has 0 saturated carbocycles. The predicted molar refractivity (Wildman–Crippen MR) is 81.1 cm³/mol. The first-order valence-electron chi connectivity index (χ1n) is 5.48. The van der Waals surface area contributed by atoms with Crippen LogP contribution < -0.4 is 11.1 Å². The summed E-state index contributed by atoms with van der Waals surface area (Å²) in [6.45, 7) is 0. The lowest BCUT2D eigenvalue weighted by Gasteiger charge is -2.08. The Morgan fingerprint density at radius 2 is 2.20 bits per heavy atom. The molecule has 0 saturated heterocycles. The van der Waals surface area contributed by atoms with Crippen LogP contribution in [0.2, 0.25) is 0 Å². The number of halogens is 2. The summed E-state index contributed by atoms with van der Waals surface area (Å²) in [5.74, 6) is -0.906. The highest BCUT2D eigenvalue weighted by Crippen LogP contribution is 2.19. The van der Waals surface area contributed by atoms with Gasteiger partial charge in [-0.3, -0.25) is 9.48 Å². The maximum atomic E-state index is 13.7. The van der Waals surface area contributed by atoms with Crippen LogP contribution in [0.1, 0.15) is 15.9 Å². The van der Waals surface area contributed by atoms with Gasteiger partial charge in [-0.1, -0.05) is 28.1 Å². The highest BCUT2D eigenvalue weighted by Gasteiger charge is 2.17. The number of amides is 1. The summed E-state index contributed by atoms with van der Waals surface area (Å²) in [6.07, 6.45) is 1.44. The zero-order chi connectivity index (χ0) is 14.9. The fourth-order valence-corrected chi connectivity index (χ4v) is 2.10. The summed E-state index contributed by atoms with van der Waals surface area (Å²) in [4.78, 5) is 12.2. The number of nitrogens with zero attached hydrogens (tertiary/aromatic N) is 2. The lowest BCUT2D eigenvalue weighted by Crippen LogP contribution is -2.19. The van der Waals surface area contributed by atoms with Crippen molar-refractivity contribution in [2.24, 2.45) is 12.8 Å². The topological polar surface area (TPSA) is 72.9 Å². The van der Waals surface area contributed by atoms with Gasteiger partial charge in [0.1, 0.15) is 16.6 Å². The Bertz CT molecular complexity index is 701. The van der Waals surface area contributed by atoms with Gasteiger partial charge in [0.2, 0.25) is 0 Å².